The van der Waals surface area contributed by atoms with Crippen molar-refractivity contribution < 1.29 is 9.84 Å². The van der Waals surface area contributed by atoms with Crippen LogP contribution in [-0.4, -0.2) is 35.3 Å². The van der Waals surface area contributed by atoms with Crippen LogP contribution in [0.1, 0.15) is 55.6 Å². The number of ether oxygens (including phenoxy) is 1. The number of aromatic hydroxyl groups is 1. The van der Waals surface area contributed by atoms with Crippen LogP contribution < -0.4 is 0 Å². The van der Waals surface area contributed by atoms with E-state index < -0.39 is 0 Å². The maximum atomic E-state index is 10.1. The van der Waals surface area contributed by atoms with Crippen LogP contribution in [0.2, 0.25) is 0 Å². The first-order valence-corrected chi connectivity index (χ1v) is 10.5. The molecule has 27 heavy (non-hydrogen) atoms. The van der Waals surface area contributed by atoms with E-state index in [-0.39, 0.29) is 0 Å². The predicted molar refractivity (Wildman–Crippen MR) is 109 cm³/mol. The van der Waals surface area contributed by atoms with Crippen molar-refractivity contribution in [2.24, 2.45) is 0 Å². The number of benzene rings is 2. The molecule has 0 aromatic heterocycles. The summed E-state index contributed by atoms with van der Waals surface area (Å²) in [6, 6.07) is 19.1. The van der Waals surface area contributed by atoms with E-state index in [2.05, 4.69) is 41.3 Å². The third-order valence-electron chi connectivity index (χ3n) is 6.30. The zero-order chi connectivity index (χ0) is 18.5. The summed E-state index contributed by atoms with van der Waals surface area (Å²) < 4.78 is 6.35. The molecule has 0 bridgehead atoms. The van der Waals surface area contributed by atoms with Crippen molar-refractivity contribution in [3.05, 3.63) is 65.7 Å². The Hall–Kier alpha value is -1.84. The van der Waals surface area contributed by atoms with E-state index in [0.717, 1.165) is 44.4 Å². The molecule has 1 atom stereocenters. The molecule has 2 fully saturated rings. The van der Waals surface area contributed by atoms with Gasteiger partial charge in [0.25, 0.3) is 0 Å². The van der Waals surface area contributed by atoms with E-state index in [1.807, 2.05) is 12.1 Å². The number of rotatable bonds is 6. The van der Waals surface area contributed by atoms with Crippen LogP contribution >= 0.6 is 0 Å². The quantitative estimate of drug-likeness (QED) is 0.773. The van der Waals surface area contributed by atoms with Crippen LogP contribution in [0.3, 0.4) is 0 Å². The van der Waals surface area contributed by atoms with Gasteiger partial charge in [-0.05, 0) is 68.2 Å². The highest BCUT2D eigenvalue weighted by molar-refractivity contribution is 5.35. The van der Waals surface area contributed by atoms with Gasteiger partial charge in [0, 0.05) is 12.6 Å². The Morgan fingerprint density at radius 2 is 1.63 bits per heavy atom. The van der Waals surface area contributed by atoms with Crippen molar-refractivity contribution in [1.29, 1.82) is 0 Å². The number of phenolic OH excluding ortho intramolecular Hbond substituents is 1. The molecule has 3 nitrogen and oxygen atoms in total. The molecule has 144 valence electrons. The van der Waals surface area contributed by atoms with E-state index in [0.29, 0.717) is 23.8 Å². The fourth-order valence-electron chi connectivity index (χ4n) is 4.73. The Kier molecular flexibility index (Phi) is 6.10. The molecule has 2 aromatic rings. The average molecular weight is 366 g/mol. The highest BCUT2D eigenvalue weighted by Crippen LogP contribution is 2.38. The maximum Gasteiger partial charge on any atom is 0.119 e. The third kappa shape index (κ3) is 4.72. The summed E-state index contributed by atoms with van der Waals surface area (Å²) in [5, 5.41) is 10.1. The molecule has 1 aliphatic carbocycles. The molecule has 2 aliphatic rings. The van der Waals surface area contributed by atoms with Gasteiger partial charge in [-0.25, -0.2) is 0 Å². The fraction of sp³-hybridized carbons (Fsp3) is 0.500. The minimum absolute atomic E-state index is 0.381. The van der Waals surface area contributed by atoms with Crippen molar-refractivity contribution in [3.8, 4) is 5.75 Å². The van der Waals surface area contributed by atoms with E-state index in [1.165, 1.54) is 24.9 Å². The summed E-state index contributed by atoms with van der Waals surface area (Å²) >= 11 is 0. The average Bonchev–Trinajstić information content (AvgIpc) is 3.15. The zero-order valence-electron chi connectivity index (χ0n) is 16.1. The van der Waals surface area contributed by atoms with Gasteiger partial charge in [-0.15, -0.1) is 0 Å². The molecule has 3 heteroatoms. The summed E-state index contributed by atoms with van der Waals surface area (Å²) in [7, 11) is 0. The molecular weight excluding hydrogens is 334 g/mol. The molecular formula is C24H31NO2. The monoisotopic (exact) mass is 365 g/mol. The minimum atomic E-state index is 0.381. The first-order chi connectivity index (χ1) is 13.3. The first-order valence-electron chi connectivity index (χ1n) is 10.5. The van der Waals surface area contributed by atoms with Gasteiger partial charge < -0.3 is 9.84 Å². The Labute approximate surface area is 163 Å². The Balaban J connectivity index is 1.24. The fourth-order valence-corrected chi connectivity index (χ4v) is 4.73. The summed E-state index contributed by atoms with van der Waals surface area (Å²) in [5.74, 6) is 0.927. The van der Waals surface area contributed by atoms with Crippen LogP contribution in [0.5, 0.6) is 5.75 Å². The summed E-state index contributed by atoms with van der Waals surface area (Å²) in [5.41, 5.74) is 2.51. The SMILES string of the molecule is Oc1ccccc1C1CCC(OCC2CCCN2Cc2ccccc2)CC1. The second-order valence-corrected chi connectivity index (χ2v) is 8.12. The van der Waals surface area contributed by atoms with Crippen molar-refractivity contribution >= 4 is 0 Å². The zero-order valence-corrected chi connectivity index (χ0v) is 16.1. The van der Waals surface area contributed by atoms with Gasteiger partial charge in [0.05, 0.1) is 12.7 Å². The molecule has 0 radical (unpaired) electrons. The second-order valence-electron chi connectivity index (χ2n) is 8.12. The lowest BCUT2D eigenvalue weighted by atomic mass is 9.82. The van der Waals surface area contributed by atoms with Gasteiger partial charge in [-0.1, -0.05) is 48.5 Å². The van der Waals surface area contributed by atoms with E-state index in [1.54, 1.807) is 6.07 Å². The second kappa shape index (κ2) is 8.90. The van der Waals surface area contributed by atoms with Crippen LogP contribution in [0.15, 0.2) is 54.6 Å². The Morgan fingerprint density at radius 1 is 0.889 bits per heavy atom. The maximum absolute atomic E-state index is 10.1. The summed E-state index contributed by atoms with van der Waals surface area (Å²) in [6.45, 7) is 3.08. The predicted octanol–water partition coefficient (Wildman–Crippen LogP) is 5.10. The number of hydrogen-bond donors (Lipinski definition) is 1. The topological polar surface area (TPSA) is 32.7 Å². The van der Waals surface area contributed by atoms with Crippen molar-refractivity contribution in [2.45, 2.75) is 63.1 Å². The lowest BCUT2D eigenvalue weighted by molar-refractivity contribution is -0.00430. The molecule has 1 aliphatic heterocycles. The summed E-state index contributed by atoms with van der Waals surface area (Å²) in [6.07, 6.45) is 7.34. The van der Waals surface area contributed by atoms with Crippen LogP contribution in [0, 0.1) is 0 Å². The van der Waals surface area contributed by atoms with Gasteiger partial charge in [0.1, 0.15) is 5.75 Å². The smallest absolute Gasteiger partial charge is 0.119 e. The van der Waals surface area contributed by atoms with Gasteiger partial charge in [-0.2, -0.15) is 0 Å². The first kappa shape index (κ1) is 18.5. The standard InChI is InChI=1S/C24H31NO2/c26-24-11-5-4-10-23(24)20-12-14-22(15-13-20)27-18-21-9-6-16-25(21)17-19-7-2-1-3-8-19/h1-5,7-8,10-11,20-22,26H,6,9,12-18H2. The molecule has 1 N–H and O–H groups in total. The Bertz CT molecular complexity index is 709. The van der Waals surface area contributed by atoms with Crippen LogP contribution in [0.4, 0.5) is 0 Å². The summed E-state index contributed by atoms with van der Waals surface area (Å²) in [4.78, 5) is 2.59. The van der Waals surface area contributed by atoms with Crippen LogP contribution in [-0.2, 0) is 11.3 Å². The highest BCUT2D eigenvalue weighted by atomic mass is 16.5. The third-order valence-corrected chi connectivity index (χ3v) is 6.30. The molecule has 0 amide bonds. The van der Waals surface area contributed by atoms with E-state index >= 15 is 0 Å². The van der Waals surface area contributed by atoms with Crippen molar-refractivity contribution in [2.75, 3.05) is 13.2 Å². The van der Waals surface area contributed by atoms with Crippen molar-refractivity contribution in [3.63, 3.8) is 0 Å². The molecule has 2 aromatic carbocycles. The number of hydrogen-bond acceptors (Lipinski definition) is 3. The molecule has 1 saturated carbocycles. The normalized spacial score (nSPS) is 26.3. The molecule has 1 unspecified atom stereocenters. The Morgan fingerprint density at radius 3 is 2.41 bits per heavy atom. The van der Waals surface area contributed by atoms with E-state index in [9.17, 15) is 5.11 Å². The lowest BCUT2D eigenvalue weighted by Crippen LogP contribution is -2.34. The molecule has 1 heterocycles. The lowest BCUT2D eigenvalue weighted by Gasteiger charge is -2.31. The van der Waals surface area contributed by atoms with Crippen molar-refractivity contribution in [1.82, 2.24) is 4.90 Å². The molecule has 0 spiro atoms. The number of para-hydroxylation sites is 1. The molecule has 1 saturated heterocycles. The molecule has 4 rings (SSSR count). The van der Waals surface area contributed by atoms with Gasteiger partial charge in [-0.3, -0.25) is 4.90 Å². The largest absolute Gasteiger partial charge is 0.508 e. The van der Waals surface area contributed by atoms with E-state index in [4.69, 9.17) is 4.74 Å². The van der Waals surface area contributed by atoms with Gasteiger partial charge >= 0.3 is 0 Å². The number of likely N-dealkylation sites (tertiary alicyclic amines) is 1. The minimum Gasteiger partial charge on any atom is -0.508 e. The van der Waals surface area contributed by atoms with Gasteiger partial charge in [0.2, 0.25) is 0 Å². The number of nitrogens with zero attached hydrogens (tertiary/aromatic N) is 1. The highest BCUT2D eigenvalue weighted by Gasteiger charge is 2.28. The van der Waals surface area contributed by atoms with Crippen LogP contribution in [0.25, 0.3) is 0 Å². The van der Waals surface area contributed by atoms with Gasteiger partial charge in [0.15, 0.2) is 0 Å². The number of phenols is 1.